The Balaban J connectivity index is 1.06. The monoisotopic (exact) mass is 639 g/mol. The molecule has 0 amide bonds. The highest BCUT2D eigenvalue weighted by Crippen LogP contribution is 2.51. The van der Waals surface area contributed by atoms with E-state index in [0.29, 0.717) is 0 Å². The molecule has 1 heteroatoms. The van der Waals surface area contributed by atoms with Crippen LogP contribution in [0.25, 0.3) is 55.3 Å². The van der Waals surface area contributed by atoms with Crippen molar-refractivity contribution in [1.82, 2.24) is 0 Å². The molecule has 0 spiro atoms. The van der Waals surface area contributed by atoms with Crippen molar-refractivity contribution in [1.29, 1.82) is 0 Å². The van der Waals surface area contributed by atoms with Crippen LogP contribution < -0.4 is 4.90 Å². The van der Waals surface area contributed by atoms with Crippen LogP contribution in [-0.4, -0.2) is 0 Å². The van der Waals surface area contributed by atoms with Gasteiger partial charge in [0.15, 0.2) is 0 Å². The van der Waals surface area contributed by atoms with Crippen LogP contribution in [0, 0.1) is 0 Å². The van der Waals surface area contributed by atoms with Gasteiger partial charge in [-0.3, -0.25) is 0 Å². The average Bonchev–Trinajstić information content (AvgIpc) is 3.41. The summed E-state index contributed by atoms with van der Waals surface area (Å²) in [5, 5.41) is 2.56. The smallest absolute Gasteiger partial charge is 0.0465 e. The summed E-state index contributed by atoms with van der Waals surface area (Å²) in [6, 6.07) is 68.5. The molecule has 0 aromatic heterocycles. The average molecular weight is 640 g/mol. The van der Waals surface area contributed by atoms with Gasteiger partial charge in [-0.05, 0) is 109 Å². The first kappa shape index (κ1) is 29.9. The summed E-state index contributed by atoms with van der Waals surface area (Å²) in [6.07, 6.45) is 0. The first-order valence-electron chi connectivity index (χ1n) is 17.4. The van der Waals surface area contributed by atoms with Crippen LogP contribution in [0.4, 0.5) is 17.1 Å². The fourth-order valence-corrected chi connectivity index (χ4v) is 7.82. The van der Waals surface area contributed by atoms with Crippen molar-refractivity contribution in [2.24, 2.45) is 0 Å². The van der Waals surface area contributed by atoms with Gasteiger partial charge in [0.1, 0.15) is 0 Å². The number of rotatable bonds is 6. The largest absolute Gasteiger partial charge is 0.310 e. The lowest BCUT2D eigenvalue weighted by molar-refractivity contribution is 0.660. The van der Waals surface area contributed by atoms with Gasteiger partial charge in [-0.2, -0.15) is 0 Å². The van der Waals surface area contributed by atoms with Crippen LogP contribution in [-0.2, 0) is 5.41 Å². The van der Waals surface area contributed by atoms with Gasteiger partial charge >= 0.3 is 0 Å². The van der Waals surface area contributed by atoms with Gasteiger partial charge in [-0.25, -0.2) is 0 Å². The molecular weight excluding hydrogens is 603 g/mol. The van der Waals surface area contributed by atoms with E-state index >= 15 is 0 Å². The van der Waals surface area contributed by atoms with Crippen LogP contribution >= 0.6 is 0 Å². The minimum Gasteiger partial charge on any atom is -0.310 e. The van der Waals surface area contributed by atoms with E-state index in [1.807, 2.05) is 0 Å². The quantitative estimate of drug-likeness (QED) is 0.175. The molecule has 0 fully saturated rings. The Morgan fingerprint density at radius 3 is 1.60 bits per heavy atom. The van der Waals surface area contributed by atoms with E-state index < -0.39 is 0 Å². The third-order valence-electron chi connectivity index (χ3n) is 10.5. The zero-order valence-electron chi connectivity index (χ0n) is 28.3. The Morgan fingerprint density at radius 1 is 0.340 bits per heavy atom. The summed E-state index contributed by atoms with van der Waals surface area (Å²) in [4.78, 5) is 2.37. The molecule has 1 aliphatic carbocycles. The maximum atomic E-state index is 2.42. The molecule has 0 saturated carbocycles. The van der Waals surface area contributed by atoms with E-state index in [4.69, 9.17) is 0 Å². The maximum Gasteiger partial charge on any atom is 0.0465 e. The number of anilines is 3. The van der Waals surface area contributed by atoms with Gasteiger partial charge in [-0.1, -0.05) is 159 Å². The zero-order valence-corrected chi connectivity index (χ0v) is 28.3. The molecule has 0 N–H and O–H groups in total. The molecule has 1 aliphatic rings. The molecule has 8 aromatic carbocycles. The van der Waals surface area contributed by atoms with Gasteiger partial charge < -0.3 is 4.90 Å². The Morgan fingerprint density at radius 2 is 0.840 bits per heavy atom. The van der Waals surface area contributed by atoms with E-state index in [0.717, 1.165) is 17.1 Å². The molecule has 0 aliphatic heterocycles. The normalized spacial score (nSPS) is 12.8. The lowest BCUT2D eigenvalue weighted by atomic mass is 9.81. The third kappa shape index (κ3) is 5.11. The van der Waals surface area contributed by atoms with E-state index in [-0.39, 0.29) is 5.41 Å². The number of para-hydroxylation sites is 1. The minimum atomic E-state index is -0.154. The third-order valence-corrected chi connectivity index (χ3v) is 10.5. The maximum absolute atomic E-state index is 2.42. The summed E-state index contributed by atoms with van der Waals surface area (Å²) < 4.78 is 0. The lowest BCUT2D eigenvalue weighted by Gasteiger charge is -2.28. The van der Waals surface area contributed by atoms with Gasteiger partial charge in [0.25, 0.3) is 0 Å². The molecule has 0 atom stereocenters. The molecule has 0 saturated heterocycles. The fourth-order valence-electron chi connectivity index (χ4n) is 7.82. The van der Waals surface area contributed by atoms with Crippen molar-refractivity contribution in [3.05, 3.63) is 199 Å². The first-order chi connectivity index (χ1) is 24.5. The number of hydrogen-bond donors (Lipinski definition) is 0. The predicted octanol–water partition coefficient (Wildman–Crippen LogP) is 13.6. The van der Waals surface area contributed by atoms with Crippen molar-refractivity contribution in [2.45, 2.75) is 19.3 Å². The number of fused-ring (bicyclic) bond motifs is 4. The highest BCUT2D eigenvalue weighted by atomic mass is 15.1. The summed E-state index contributed by atoms with van der Waals surface area (Å²) in [5.74, 6) is 0. The summed E-state index contributed by atoms with van der Waals surface area (Å²) in [5.41, 5.74) is 16.1. The predicted molar refractivity (Wildman–Crippen MR) is 213 cm³/mol. The molecule has 0 bridgehead atoms. The fraction of sp³-hybridized carbons (Fsp3) is 0.0612. The Bertz CT molecular complexity index is 2470. The number of benzene rings is 8. The van der Waals surface area contributed by atoms with Crippen molar-refractivity contribution < 1.29 is 0 Å². The van der Waals surface area contributed by atoms with E-state index in [1.165, 1.54) is 66.4 Å². The standard InChI is InChI=1S/C49H37N/c1-49(2)47-32-39(36-20-22-38(23-21-36)44-19-11-15-37-14-9-10-18-43(37)44)26-30-45(47)46-31-29-42(33-48(46)49)50(40-16-7-4-8-17-40)41-27-24-35(25-28-41)34-12-5-3-6-13-34/h3-33H,1-2H3. The van der Waals surface area contributed by atoms with Crippen LogP contribution in [0.15, 0.2) is 188 Å². The molecule has 238 valence electrons. The van der Waals surface area contributed by atoms with E-state index in [2.05, 4.69) is 207 Å². The number of nitrogens with zero attached hydrogens (tertiary/aromatic N) is 1. The zero-order chi connectivity index (χ0) is 33.7. The molecule has 0 unspecified atom stereocenters. The SMILES string of the molecule is CC1(C)c2cc(-c3ccc(-c4cccc5ccccc45)cc3)ccc2-c2ccc(N(c3ccccc3)c3ccc(-c4ccccc4)cc3)cc21. The Kier molecular flexibility index (Phi) is 7.21. The van der Waals surface area contributed by atoms with Crippen LogP contribution in [0.5, 0.6) is 0 Å². The van der Waals surface area contributed by atoms with E-state index in [1.54, 1.807) is 0 Å². The highest BCUT2D eigenvalue weighted by molar-refractivity contribution is 5.97. The minimum absolute atomic E-state index is 0.154. The molecule has 8 aromatic rings. The van der Waals surface area contributed by atoms with Crippen molar-refractivity contribution in [2.75, 3.05) is 4.90 Å². The second kappa shape index (κ2) is 12.1. The van der Waals surface area contributed by atoms with Crippen LogP contribution in [0.1, 0.15) is 25.0 Å². The molecule has 50 heavy (non-hydrogen) atoms. The van der Waals surface area contributed by atoms with Gasteiger partial charge in [0, 0.05) is 22.5 Å². The summed E-state index contributed by atoms with van der Waals surface area (Å²) in [6.45, 7) is 4.74. The first-order valence-corrected chi connectivity index (χ1v) is 17.4. The lowest BCUT2D eigenvalue weighted by Crippen LogP contribution is -2.16. The van der Waals surface area contributed by atoms with Gasteiger partial charge in [0.2, 0.25) is 0 Å². The van der Waals surface area contributed by atoms with Crippen molar-refractivity contribution >= 4 is 27.8 Å². The summed E-state index contributed by atoms with van der Waals surface area (Å²) >= 11 is 0. The topological polar surface area (TPSA) is 3.24 Å². The van der Waals surface area contributed by atoms with Gasteiger partial charge in [-0.15, -0.1) is 0 Å². The number of hydrogen-bond acceptors (Lipinski definition) is 1. The van der Waals surface area contributed by atoms with Crippen molar-refractivity contribution in [3.8, 4) is 44.5 Å². The van der Waals surface area contributed by atoms with Crippen LogP contribution in [0.2, 0.25) is 0 Å². The Labute approximate surface area is 294 Å². The van der Waals surface area contributed by atoms with Gasteiger partial charge in [0.05, 0.1) is 0 Å². The second-order valence-corrected chi connectivity index (χ2v) is 13.8. The van der Waals surface area contributed by atoms with Crippen molar-refractivity contribution in [3.63, 3.8) is 0 Å². The summed E-state index contributed by atoms with van der Waals surface area (Å²) in [7, 11) is 0. The van der Waals surface area contributed by atoms with Crippen LogP contribution in [0.3, 0.4) is 0 Å². The van der Waals surface area contributed by atoms with E-state index in [9.17, 15) is 0 Å². The molecule has 0 radical (unpaired) electrons. The molecule has 0 heterocycles. The second-order valence-electron chi connectivity index (χ2n) is 13.8. The molecule has 1 nitrogen and oxygen atoms in total. The molecule has 9 rings (SSSR count). The molecular formula is C49H37N. The Hall–Kier alpha value is -6.18. The highest BCUT2D eigenvalue weighted by Gasteiger charge is 2.36.